The van der Waals surface area contributed by atoms with Gasteiger partial charge in [-0.2, -0.15) is 0 Å². The third-order valence-corrected chi connectivity index (χ3v) is 3.11. The summed E-state index contributed by atoms with van der Waals surface area (Å²) in [5.74, 6) is 0.699. The number of methoxy groups -OCH3 is 1. The van der Waals surface area contributed by atoms with Crippen LogP contribution in [0.3, 0.4) is 0 Å². The number of hydrogen-bond donors (Lipinski definition) is 1. The van der Waals surface area contributed by atoms with Gasteiger partial charge in [0.05, 0.1) is 7.11 Å². The molecule has 0 radical (unpaired) electrons. The Balaban J connectivity index is 3.14. The van der Waals surface area contributed by atoms with Crippen molar-refractivity contribution in [3.8, 4) is 5.75 Å². The summed E-state index contributed by atoms with van der Waals surface area (Å²) < 4.78 is 5.24. The van der Waals surface area contributed by atoms with E-state index >= 15 is 0 Å². The first-order valence-electron chi connectivity index (χ1n) is 4.73. The fourth-order valence-electron chi connectivity index (χ4n) is 1.52. The number of amides is 1. The number of halogens is 2. The van der Waals surface area contributed by atoms with Crippen LogP contribution in [-0.4, -0.2) is 12.5 Å². The zero-order chi connectivity index (χ0) is 12.3. The number of carbonyl (C=O) groups is 1. The Kier molecular flexibility index (Phi) is 4.44. The third kappa shape index (κ3) is 2.80. The SMILES string of the molecule is COc1cc(C)c(Cl)c(C)c1CNC(=O)Cl. The molecule has 0 fully saturated rings. The predicted octanol–water partition coefficient (Wildman–Crippen LogP) is 3.41. The molecule has 0 saturated carbocycles. The molecule has 1 N–H and O–H groups in total. The third-order valence-electron chi connectivity index (χ3n) is 2.40. The second-order valence-corrected chi connectivity index (χ2v) is 4.16. The maximum atomic E-state index is 10.7. The molecule has 0 aliphatic heterocycles. The Labute approximate surface area is 105 Å². The lowest BCUT2D eigenvalue weighted by Crippen LogP contribution is -2.17. The van der Waals surface area contributed by atoms with E-state index in [1.807, 2.05) is 19.9 Å². The minimum absolute atomic E-state index is 0.303. The highest BCUT2D eigenvalue weighted by molar-refractivity contribution is 6.62. The number of hydrogen-bond acceptors (Lipinski definition) is 2. The van der Waals surface area contributed by atoms with Crippen LogP contribution in [0, 0.1) is 13.8 Å². The summed E-state index contributed by atoms with van der Waals surface area (Å²) in [6, 6.07) is 1.84. The Morgan fingerprint density at radius 1 is 1.50 bits per heavy atom. The number of nitrogens with one attached hydrogen (secondary N) is 1. The van der Waals surface area contributed by atoms with Gasteiger partial charge in [0.2, 0.25) is 0 Å². The molecule has 0 atom stereocenters. The number of benzene rings is 1. The van der Waals surface area contributed by atoms with E-state index in [1.54, 1.807) is 7.11 Å². The van der Waals surface area contributed by atoms with Crippen LogP contribution in [0.25, 0.3) is 0 Å². The summed E-state index contributed by atoms with van der Waals surface area (Å²) in [4.78, 5) is 10.7. The van der Waals surface area contributed by atoms with E-state index in [4.69, 9.17) is 27.9 Å². The molecular weight excluding hydrogens is 249 g/mol. The summed E-state index contributed by atoms with van der Waals surface area (Å²) in [6.07, 6.45) is 0. The minimum atomic E-state index is -0.599. The highest BCUT2D eigenvalue weighted by atomic mass is 35.5. The molecule has 5 heteroatoms. The molecule has 0 unspecified atom stereocenters. The van der Waals surface area contributed by atoms with Gasteiger partial charge in [-0.1, -0.05) is 11.6 Å². The van der Waals surface area contributed by atoms with Crippen molar-refractivity contribution in [2.24, 2.45) is 0 Å². The van der Waals surface area contributed by atoms with Crippen LogP contribution in [0.15, 0.2) is 6.07 Å². The molecular formula is C11H13Cl2NO2. The van der Waals surface area contributed by atoms with Gasteiger partial charge in [-0.05, 0) is 42.6 Å². The fourth-order valence-corrected chi connectivity index (χ4v) is 1.76. The lowest BCUT2D eigenvalue weighted by atomic mass is 10.0. The van der Waals surface area contributed by atoms with E-state index in [1.165, 1.54) is 0 Å². The van der Waals surface area contributed by atoms with Gasteiger partial charge in [0.25, 0.3) is 0 Å². The molecule has 0 aliphatic carbocycles. The largest absolute Gasteiger partial charge is 0.496 e. The van der Waals surface area contributed by atoms with Gasteiger partial charge in [0.15, 0.2) is 0 Å². The van der Waals surface area contributed by atoms with Gasteiger partial charge in [0.1, 0.15) is 5.75 Å². The predicted molar refractivity (Wildman–Crippen MR) is 65.6 cm³/mol. The van der Waals surface area contributed by atoms with Crippen molar-refractivity contribution in [2.45, 2.75) is 20.4 Å². The van der Waals surface area contributed by atoms with E-state index in [2.05, 4.69) is 5.32 Å². The second-order valence-electron chi connectivity index (χ2n) is 3.44. The first-order valence-corrected chi connectivity index (χ1v) is 5.48. The van der Waals surface area contributed by atoms with Crippen LogP contribution < -0.4 is 10.1 Å². The summed E-state index contributed by atoms with van der Waals surface area (Å²) in [6.45, 7) is 4.09. The van der Waals surface area contributed by atoms with Gasteiger partial charge in [-0.15, -0.1) is 0 Å². The average molecular weight is 262 g/mol. The Morgan fingerprint density at radius 2 is 2.12 bits per heavy atom. The maximum absolute atomic E-state index is 10.7. The van der Waals surface area contributed by atoms with Crippen LogP contribution >= 0.6 is 23.2 Å². The van der Waals surface area contributed by atoms with Crippen LogP contribution in [0.2, 0.25) is 5.02 Å². The fraction of sp³-hybridized carbons (Fsp3) is 0.364. The average Bonchev–Trinajstić information content (AvgIpc) is 2.23. The molecule has 0 saturated heterocycles. The van der Waals surface area contributed by atoms with Crippen LogP contribution in [0.1, 0.15) is 16.7 Å². The normalized spacial score (nSPS) is 10.1. The van der Waals surface area contributed by atoms with Crippen LogP contribution in [-0.2, 0) is 6.54 Å². The van der Waals surface area contributed by atoms with Crippen molar-refractivity contribution in [3.05, 3.63) is 27.8 Å². The van der Waals surface area contributed by atoms with Gasteiger partial charge in [0, 0.05) is 17.1 Å². The minimum Gasteiger partial charge on any atom is -0.496 e. The van der Waals surface area contributed by atoms with Crippen molar-refractivity contribution in [1.82, 2.24) is 5.32 Å². The van der Waals surface area contributed by atoms with Gasteiger partial charge in [-0.25, -0.2) is 0 Å². The lowest BCUT2D eigenvalue weighted by molar-refractivity contribution is 0.259. The van der Waals surface area contributed by atoms with Gasteiger partial charge < -0.3 is 10.1 Å². The summed E-state index contributed by atoms with van der Waals surface area (Å²) >= 11 is 11.3. The summed E-state index contributed by atoms with van der Waals surface area (Å²) in [5, 5.41) is 2.59. The summed E-state index contributed by atoms with van der Waals surface area (Å²) in [7, 11) is 1.58. The van der Waals surface area contributed by atoms with Crippen molar-refractivity contribution < 1.29 is 9.53 Å². The second kappa shape index (κ2) is 5.41. The smallest absolute Gasteiger partial charge is 0.314 e. The molecule has 0 aromatic heterocycles. The van der Waals surface area contributed by atoms with Crippen molar-refractivity contribution in [1.29, 1.82) is 0 Å². The number of carbonyl (C=O) groups excluding carboxylic acids is 1. The van der Waals surface area contributed by atoms with E-state index in [9.17, 15) is 4.79 Å². The van der Waals surface area contributed by atoms with E-state index in [-0.39, 0.29) is 0 Å². The van der Waals surface area contributed by atoms with Crippen LogP contribution in [0.4, 0.5) is 4.79 Å². The molecule has 0 heterocycles. The maximum Gasteiger partial charge on any atom is 0.314 e. The summed E-state index contributed by atoms with van der Waals surface area (Å²) in [5.41, 5.74) is 2.67. The van der Waals surface area contributed by atoms with Crippen LogP contribution in [0.5, 0.6) is 5.75 Å². The van der Waals surface area contributed by atoms with E-state index in [0.29, 0.717) is 17.3 Å². The Hall–Kier alpha value is -0.930. The Morgan fingerprint density at radius 3 is 2.62 bits per heavy atom. The molecule has 0 aliphatic rings. The molecule has 1 aromatic carbocycles. The molecule has 16 heavy (non-hydrogen) atoms. The number of aryl methyl sites for hydroxylation is 1. The molecule has 0 spiro atoms. The lowest BCUT2D eigenvalue weighted by Gasteiger charge is -2.14. The first kappa shape index (κ1) is 13.1. The number of rotatable bonds is 3. The monoisotopic (exact) mass is 261 g/mol. The molecule has 88 valence electrons. The highest BCUT2D eigenvalue weighted by Crippen LogP contribution is 2.31. The number of ether oxygens (including phenoxy) is 1. The molecule has 0 bridgehead atoms. The molecule has 1 aromatic rings. The van der Waals surface area contributed by atoms with E-state index in [0.717, 1.165) is 16.7 Å². The van der Waals surface area contributed by atoms with Crippen molar-refractivity contribution in [2.75, 3.05) is 7.11 Å². The van der Waals surface area contributed by atoms with Crippen molar-refractivity contribution in [3.63, 3.8) is 0 Å². The molecule has 1 amide bonds. The zero-order valence-electron chi connectivity index (χ0n) is 9.36. The van der Waals surface area contributed by atoms with Crippen molar-refractivity contribution >= 4 is 28.6 Å². The van der Waals surface area contributed by atoms with E-state index < -0.39 is 5.37 Å². The molecule has 3 nitrogen and oxygen atoms in total. The standard InChI is InChI=1S/C11H13Cl2NO2/c1-6-4-9(16-3)8(5-14-11(13)15)7(2)10(6)12/h4H,5H2,1-3H3,(H,14,15). The topological polar surface area (TPSA) is 38.3 Å². The first-order chi connectivity index (χ1) is 7.47. The Bertz CT molecular complexity index is 419. The zero-order valence-corrected chi connectivity index (χ0v) is 10.9. The highest BCUT2D eigenvalue weighted by Gasteiger charge is 2.12. The van der Waals surface area contributed by atoms with Gasteiger partial charge in [-0.3, -0.25) is 4.79 Å². The molecule has 1 rings (SSSR count). The van der Waals surface area contributed by atoms with Gasteiger partial charge >= 0.3 is 5.37 Å². The quantitative estimate of drug-likeness (QED) is 0.669.